The number of halogens is 7. The van der Waals surface area contributed by atoms with Gasteiger partial charge in [0.15, 0.2) is 15.7 Å². The molecule has 2 aliphatic rings. The van der Waals surface area contributed by atoms with Crippen molar-refractivity contribution >= 4 is 54.1 Å². The number of hydrogen-bond acceptors (Lipinski definition) is 8. The van der Waals surface area contributed by atoms with Gasteiger partial charge in [0.2, 0.25) is 15.9 Å². The van der Waals surface area contributed by atoms with Crippen LogP contribution in [0, 0.1) is 23.5 Å². The highest BCUT2D eigenvalue weighted by atomic mass is 35.5. The van der Waals surface area contributed by atoms with Crippen LogP contribution in [-0.2, 0) is 57.0 Å². The van der Waals surface area contributed by atoms with Crippen molar-refractivity contribution in [1.29, 1.82) is 0 Å². The van der Waals surface area contributed by atoms with E-state index in [1.165, 1.54) is 43.8 Å². The molecule has 7 rings (SSSR count). The Balaban J connectivity index is 1.41. The number of carbonyl (C=O) groups is 1. The number of nitrogens with one attached hydrogen (secondary N) is 2. The summed E-state index contributed by atoms with van der Waals surface area (Å²) in [4.78, 5) is 18.7. The number of sulfonamides is 1. The first-order chi connectivity index (χ1) is 28.0. The van der Waals surface area contributed by atoms with Gasteiger partial charge in [0, 0.05) is 36.2 Å². The fourth-order valence-corrected chi connectivity index (χ4v) is 9.90. The monoisotopic (exact) mass is 895 g/mol. The Morgan fingerprint density at radius 3 is 2.32 bits per heavy atom. The summed E-state index contributed by atoms with van der Waals surface area (Å²) >= 11 is 6.60. The molecule has 0 spiro atoms. The number of rotatable bonds is 12. The largest absolute Gasteiger partial charge is 0.346 e. The van der Waals surface area contributed by atoms with Crippen molar-refractivity contribution in [3.8, 4) is 23.0 Å². The highest BCUT2D eigenvalue weighted by Gasteiger charge is 2.47. The summed E-state index contributed by atoms with van der Waals surface area (Å²) in [7, 11) is -6.03. The maximum absolute atomic E-state index is 15.0. The standard InChI is InChI=1S/C39H36ClF6N7O5S2/c1-38(2,60(57,58)24-6-7-24)13-11-23-5-8-25(26-9-10-28(40)31-34(26)52(3)50-37(31)51-59(4,55)56)32(47-23)29(17-20-15-21(41)18-22(42)16-20)48-30(54)19-53-35-27(12-14-39(35,45)46)33(49-53)36(43)44/h5,8-10,15-16,18,24,29,36H,6-7,12,14,17,19H2,1-4H3,(H,48,54)(H,50,51)/t29-/m0/s1. The van der Waals surface area contributed by atoms with Crippen molar-refractivity contribution in [3.05, 3.63) is 93.0 Å². The Bertz CT molecular complexity index is 2850. The third kappa shape index (κ3) is 8.43. The second-order valence-electron chi connectivity index (χ2n) is 15.3. The summed E-state index contributed by atoms with van der Waals surface area (Å²) in [6, 6.07) is 7.22. The third-order valence-electron chi connectivity index (χ3n) is 10.2. The number of alkyl halides is 4. The van der Waals surface area contributed by atoms with Crippen LogP contribution in [-0.4, -0.2) is 63.5 Å². The van der Waals surface area contributed by atoms with E-state index in [0.29, 0.717) is 29.2 Å². The molecule has 0 aliphatic heterocycles. The zero-order valence-electron chi connectivity index (χ0n) is 32.3. The minimum absolute atomic E-state index is 0.00162. The van der Waals surface area contributed by atoms with Gasteiger partial charge in [0.1, 0.15) is 40.0 Å². The third-order valence-corrected chi connectivity index (χ3v) is 14.0. The number of benzene rings is 2. The second-order valence-corrected chi connectivity index (χ2v) is 20.2. The lowest BCUT2D eigenvalue weighted by atomic mass is 9.93. The molecule has 0 saturated heterocycles. The zero-order chi connectivity index (χ0) is 43.7. The Labute approximate surface area is 345 Å². The number of carbonyl (C=O) groups excluding carboxylic acids is 1. The van der Waals surface area contributed by atoms with Crippen LogP contribution < -0.4 is 10.0 Å². The molecule has 21 heteroatoms. The lowest BCUT2D eigenvalue weighted by Crippen LogP contribution is -2.35. The summed E-state index contributed by atoms with van der Waals surface area (Å²) in [5.74, 6) is -1.04. The van der Waals surface area contributed by atoms with Gasteiger partial charge >= 0.3 is 0 Å². The lowest BCUT2D eigenvalue weighted by molar-refractivity contribution is -0.122. The molecule has 1 saturated carbocycles. The van der Waals surface area contributed by atoms with Crippen molar-refractivity contribution in [2.75, 3.05) is 11.0 Å². The van der Waals surface area contributed by atoms with Gasteiger partial charge in [-0.2, -0.15) is 19.0 Å². The summed E-state index contributed by atoms with van der Waals surface area (Å²) in [6.45, 7) is 1.94. The van der Waals surface area contributed by atoms with Crippen LogP contribution in [0.15, 0.2) is 42.5 Å². The van der Waals surface area contributed by atoms with E-state index < -0.39 is 96.6 Å². The van der Waals surface area contributed by atoms with E-state index in [9.17, 15) is 39.2 Å². The minimum atomic E-state index is -3.86. The minimum Gasteiger partial charge on any atom is -0.346 e. The SMILES string of the molecule is Cn1nc(NS(C)(=O)=O)c2c(Cl)ccc(-c3ccc(C#CC(C)(C)S(=O)(=O)C4CC4)nc3[C@H](Cc3cc(F)cc(F)c3)NC(=O)Cn3nc(C(F)F)c4c3C(F)(F)CC4)c21. The zero-order valence-corrected chi connectivity index (χ0v) is 34.6. The maximum atomic E-state index is 15.0. The van der Waals surface area contributed by atoms with Crippen LogP contribution in [0.4, 0.5) is 32.2 Å². The fraction of sp³-hybridized carbons (Fsp3) is 0.385. The molecule has 2 N–H and O–H groups in total. The molecule has 12 nitrogen and oxygen atoms in total. The number of nitrogens with zero attached hydrogens (tertiary/aromatic N) is 5. The van der Waals surface area contributed by atoms with E-state index >= 15 is 8.78 Å². The van der Waals surface area contributed by atoms with E-state index in [1.54, 1.807) is 6.07 Å². The first-order valence-electron chi connectivity index (χ1n) is 18.4. The van der Waals surface area contributed by atoms with Gasteiger partial charge in [0.25, 0.3) is 12.3 Å². The van der Waals surface area contributed by atoms with Crippen LogP contribution >= 0.6 is 11.6 Å². The molecule has 3 aromatic heterocycles. The van der Waals surface area contributed by atoms with Crippen molar-refractivity contribution in [3.63, 3.8) is 0 Å². The van der Waals surface area contributed by atoms with Gasteiger partial charge in [0.05, 0.1) is 39.2 Å². The molecule has 0 bridgehead atoms. The van der Waals surface area contributed by atoms with Gasteiger partial charge in [-0.15, -0.1) is 0 Å². The molecule has 2 aliphatic carbocycles. The molecule has 0 radical (unpaired) electrons. The number of anilines is 1. The fourth-order valence-electron chi connectivity index (χ4n) is 7.38. The first kappa shape index (κ1) is 43.0. The van der Waals surface area contributed by atoms with Crippen molar-refractivity contribution < 1.29 is 48.0 Å². The Kier molecular flexibility index (Phi) is 11.0. The van der Waals surface area contributed by atoms with Gasteiger partial charge in [-0.1, -0.05) is 23.6 Å². The van der Waals surface area contributed by atoms with Crippen molar-refractivity contribution in [1.82, 2.24) is 29.9 Å². The Morgan fingerprint density at radius 1 is 1.02 bits per heavy atom. The van der Waals surface area contributed by atoms with E-state index in [1.807, 2.05) is 0 Å². The maximum Gasteiger partial charge on any atom is 0.290 e. The number of fused-ring (bicyclic) bond motifs is 2. The molecule has 318 valence electrons. The number of aromatic nitrogens is 5. The van der Waals surface area contributed by atoms with Crippen LogP contribution in [0.2, 0.25) is 5.02 Å². The Hall–Kier alpha value is -5.13. The summed E-state index contributed by atoms with van der Waals surface area (Å²) in [5.41, 5.74) is -1.30. The summed E-state index contributed by atoms with van der Waals surface area (Å²) in [5, 5.41) is 10.4. The first-order valence-corrected chi connectivity index (χ1v) is 22.2. The molecule has 1 amide bonds. The van der Waals surface area contributed by atoms with Crippen LogP contribution in [0.5, 0.6) is 0 Å². The van der Waals surface area contributed by atoms with E-state index in [2.05, 4.69) is 32.1 Å². The van der Waals surface area contributed by atoms with Gasteiger partial charge in [-0.05, 0) is 81.3 Å². The molecule has 2 aromatic carbocycles. The lowest BCUT2D eigenvalue weighted by Gasteiger charge is -2.23. The number of hydrogen-bond donors (Lipinski definition) is 2. The molecular weight excluding hydrogens is 860 g/mol. The van der Waals surface area contributed by atoms with Crippen LogP contribution in [0.3, 0.4) is 0 Å². The Morgan fingerprint density at radius 2 is 1.68 bits per heavy atom. The normalized spacial score (nSPS) is 15.8. The average molecular weight is 896 g/mol. The summed E-state index contributed by atoms with van der Waals surface area (Å²) in [6.07, 6.45) is -2.83. The number of amides is 1. The predicted octanol–water partition coefficient (Wildman–Crippen LogP) is 6.92. The average Bonchev–Trinajstić information content (AvgIpc) is 3.77. The smallest absolute Gasteiger partial charge is 0.290 e. The van der Waals surface area contributed by atoms with Gasteiger partial charge < -0.3 is 5.32 Å². The molecule has 1 atom stereocenters. The molecule has 60 heavy (non-hydrogen) atoms. The topological polar surface area (TPSA) is 158 Å². The van der Waals surface area contributed by atoms with E-state index in [0.717, 1.165) is 18.4 Å². The van der Waals surface area contributed by atoms with Gasteiger partial charge in [-0.3, -0.25) is 18.9 Å². The van der Waals surface area contributed by atoms with E-state index in [4.69, 9.17) is 16.6 Å². The van der Waals surface area contributed by atoms with Crippen LogP contribution in [0.1, 0.15) is 79.5 Å². The second kappa shape index (κ2) is 15.4. The highest BCUT2D eigenvalue weighted by Crippen LogP contribution is 2.45. The quantitative estimate of drug-likeness (QED) is 0.101. The summed E-state index contributed by atoms with van der Waals surface area (Å²) < 4.78 is 141. The number of sulfone groups is 1. The van der Waals surface area contributed by atoms with Crippen LogP contribution in [0.25, 0.3) is 22.0 Å². The molecular formula is C39H36ClF6N7O5S2. The predicted molar refractivity (Wildman–Crippen MR) is 211 cm³/mol. The molecule has 3 heterocycles. The highest BCUT2D eigenvalue weighted by molar-refractivity contribution is 7.93. The molecule has 0 unspecified atom stereocenters. The van der Waals surface area contributed by atoms with Crippen molar-refractivity contribution in [2.24, 2.45) is 7.05 Å². The van der Waals surface area contributed by atoms with E-state index in [-0.39, 0.29) is 56.2 Å². The molecule has 5 aromatic rings. The van der Waals surface area contributed by atoms with Gasteiger partial charge in [-0.25, -0.2) is 39.4 Å². The molecule has 1 fully saturated rings. The van der Waals surface area contributed by atoms with Crippen molar-refractivity contribution in [2.45, 2.75) is 80.9 Å². The number of aryl methyl sites for hydroxylation is 1. The number of pyridine rings is 1.